The Balaban J connectivity index is 1.99. The fraction of sp³-hybridized carbons (Fsp3) is 0.0588. The fourth-order valence-electron chi connectivity index (χ4n) is 2.17. The van der Waals surface area contributed by atoms with Crippen LogP contribution in [0.1, 0.15) is 5.56 Å². The van der Waals surface area contributed by atoms with Crippen LogP contribution in [0.2, 0.25) is 0 Å². The van der Waals surface area contributed by atoms with E-state index in [1.807, 2.05) is 30.3 Å². The smallest absolute Gasteiger partial charge is 0.267 e. The van der Waals surface area contributed by atoms with Gasteiger partial charge in [-0.15, -0.1) is 0 Å². The van der Waals surface area contributed by atoms with Crippen LogP contribution in [0.4, 0.5) is 4.39 Å². The zero-order chi connectivity index (χ0) is 14.7. The molecule has 3 rings (SSSR count). The minimum absolute atomic E-state index is 0.187. The predicted octanol–water partition coefficient (Wildman–Crippen LogP) is 3.10. The second kappa shape index (κ2) is 5.71. The lowest BCUT2D eigenvalue weighted by molar-refractivity contribution is 0.627. The van der Waals surface area contributed by atoms with Gasteiger partial charge in [-0.05, 0) is 29.3 Å². The lowest BCUT2D eigenvalue weighted by Gasteiger charge is -2.07. The zero-order valence-electron chi connectivity index (χ0n) is 11.2. The van der Waals surface area contributed by atoms with E-state index < -0.39 is 0 Å². The molecule has 1 aromatic heterocycles. The maximum Gasteiger partial charge on any atom is 0.274 e. The molecule has 0 N–H and O–H groups in total. The van der Waals surface area contributed by atoms with Crippen LogP contribution >= 0.6 is 0 Å². The topological polar surface area (TPSA) is 34.9 Å². The highest BCUT2D eigenvalue weighted by atomic mass is 19.1. The Labute approximate surface area is 121 Å². The molecule has 21 heavy (non-hydrogen) atoms. The third-order valence-electron chi connectivity index (χ3n) is 3.24. The molecule has 0 bridgehead atoms. The van der Waals surface area contributed by atoms with Crippen molar-refractivity contribution in [1.29, 1.82) is 0 Å². The summed E-state index contributed by atoms with van der Waals surface area (Å²) in [5.74, 6) is -0.322. The van der Waals surface area contributed by atoms with Crippen LogP contribution in [0.25, 0.3) is 11.1 Å². The van der Waals surface area contributed by atoms with Gasteiger partial charge < -0.3 is 0 Å². The molecule has 0 aliphatic carbocycles. The number of rotatable bonds is 3. The van der Waals surface area contributed by atoms with Crippen LogP contribution in [-0.2, 0) is 6.54 Å². The summed E-state index contributed by atoms with van der Waals surface area (Å²) in [7, 11) is 0. The first kappa shape index (κ1) is 13.2. The first-order chi connectivity index (χ1) is 10.2. The summed E-state index contributed by atoms with van der Waals surface area (Å²) in [5, 5.41) is 4.11. The summed E-state index contributed by atoms with van der Waals surface area (Å²) in [6.07, 6.45) is 1.59. The van der Waals surface area contributed by atoms with Crippen molar-refractivity contribution in [3.63, 3.8) is 0 Å². The van der Waals surface area contributed by atoms with E-state index in [4.69, 9.17) is 0 Å². The van der Waals surface area contributed by atoms with Gasteiger partial charge in [-0.3, -0.25) is 4.79 Å². The lowest BCUT2D eigenvalue weighted by Crippen LogP contribution is -2.24. The van der Waals surface area contributed by atoms with Gasteiger partial charge in [0, 0.05) is 6.20 Å². The largest absolute Gasteiger partial charge is 0.274 e. The van der Waals surface area contributed by atoms with Gasteiger partial charge in [0.2, 0.25) is 0 Å². The number of hydrogen-bond donors (Lipinski definition) is 0. The summed E-state index contributed by atoms with van der Waals surface area (Å²) < 4.78 is 14.4. The maximum absolute atomic E-state index is 13.0. The fourth-order valence-corrected chi connectivity index (χ4v) is 2.17. The molecule has 0 saturated carbocycles. The van der Waals surface area contributed by atoms with Gasteiger partial charge in [-0.25, -0.2) is 9.07 Å². The van der Waals surface area contributed by atoms with E-state index >= 15 is 0 Å². The van der Waals surface area contributed by atoms with E-state index in [-0.39, 0.29) is 11.4 Å². The molecular formula is C17H13FN2O. The molecule has 1 heterocycles. The second-order valence-corrected chi connectivity index (χ2v) is 4.70. The Bertz CT molecular complexity index is 795. The van der Waals surface area contributed by atoms with Crippen LogP contribution in [-0.4, -0.2) is 9.78 Å². The van der Waals surface area contributed by atoms with Crippen molar-refractivity contribution in [2.45, 2.75) is 6.54 Å². The Kier molecular flexibility index (Phi) is 3.60. The van der Waals surface area contributed by atoms with Crippen LogP contribution in [0, 0.1) is 5.82 Å². The van der Waals surface area contributed by atoms with Gasteiger partial charge in [-0.2, -0.15) is 5.10 Å². The lowest BCUT2D eigenvalue weighted by atomic mass is 10.1. The molecule has 0 saturated heterocycles. The third kappa shape index (κ3) is 2.89. The molecule has 3 aromatic rings. The highest BCUT2D eigenvalue weighted by Crippen LogP contribution is 2.15. The van der Waals surface area contributed by atoms with Crippen LogP contribution in [0.15, 0.2) is 71.7 Å². The van der Waals surface area contributed by atoms with Crippen LogP contribution < -0.4 is 5.56 Å². The molecule has 104 valence electrons. The monoisotopic (exact) mass is 280 g/mol. The van der Waals surface area contributed by atoms with Gasteiger partial charge in [0.1, 0.15) is 5.82 Å². The molecular weight excluding hydrogens is 267 g/mol. The van der Waals surface area contributed by atoms with E-state index in [2.05, 4.69) is 5.10 Å². The minimum Gasteiger partial charge on any atom is -0.267 e. The van der Waals surface area contributed by atoms with Crippen molar-refractivity contribution in [2.75, 3.05) is 0 Å². The molecule has 0 aliphatic heterocycles. The summed E-state index contributed by atoms with van der Waals surface area (Å²) in [5.41, 5.74) is 2.02. The predicted molar refractivity (Wildman–Crippen MR) is 79.4 cm³/mol. The summed E-state index contributed by atoms with van der Waals surface area (Å²) in [6, 6.07) is 17.2. The standard InChI is InChI=1S/C17H13FN2O/c18-15-8-6-14(7-9-15)16-10-11-19-20(17(16)21)12-13-4-2-1-3-5-13/h1-11H,12H2. The van der Waals surface area contributed by atoms with E-state index in [1.54, 1.807) is 24.4 Å². The highest BCUT2D eigenvalue weighted by molar-refractivity contribution is 5.61. The molecule has 4 heteroatoms. The Hall–Kier alpha value is -2.75. The molecule has 2 aromatic carbocycles. The minimum atomic E-state index is -0.322. The van der Waals surface area contributed by atoms with Crippen molar-refractivity contribution in [1.82, 2.24) is 9.78 Å². The quantitative estimate of drug-likeness (QED) is 0.739. The van der Waals surface area contributed by atoms with Gasteiger partial charge in [0.15, 0.2) is 0 Å². The maximum atomic E-state index is 13.0. The number of halogens is 1. The normalized spacial score (nSPS) is 10.5. The van der Waals surface area contributed by atoms with Gasteiger partial charge in [0.05, 0.1) is 12.1 Å². The van der Waals surface area contributed by atoms with Crippen molar-refractivity contribution in [2.24, 2.45) is 0 Å². The SMILES string of the molecule is O=c1c(-c2ccc(F)cc2)ccnn1Cc1ccccc1. The molecule has 0 aliphatic rings. The number of aromatic nitrogens is 2. The Morgan fingerprint density at radius 1 is 0.952 bits per heavy atom. The number of benzene rings is 2. The molecule has 0 radical (unpaired) electrons. The summed E-state index contributed by atoms with van der Waals surface area (Å²) in [4.78, 5) is 12.5. The second-order valence-electron chi connectivity index (χ2n) is 4.70. The first-order valence-corrected chi connectivity index (χ1v) is 6.60. The van der Waals surface area contributed by atoms with E-state index in [0.29, 0.717) is 17.7 Å². The Morgan fingerprint density at radius 2 is 1.67 bits per heavy atom. The van der Waals surface area contributed by atoms with Crippen LogP contribution in [0.5, 0.6) is 0 Å². The number of hydrogen-bond acceptors (Lipinski definition) is 2. The van der Waals surface area contributed by atoms with Crippen molar-refractivity contribution in [3.8, 4) is 11.1 Å². The van der Waals surface area contributed by atoms with E-state index in [0.717, 1.165) is 5.56 Å². The Morgan fingerprint density at radius 3 is 2.38 bits per heavy atom. The molecule has 0 amide bonds. The van der Waals surface area contributed by atoms with Crippen molar-refractivity contribution >= 4 is 0 Å². The molecule has 0 fully saturated rings. The zero-order valence-corrected chi connectivity index (χ0v) is 11.2. The van der Waals surface area contributed by atoms with Crippen LogP contribution in [0.3, 0.4) is 0 Å². The molecule has 0 atom stereocenters. The molecule has 3 nitrogen and oxygen atoms in total. The average Bonchev–Trinajstić information content (AvgIpc) is 2.52. The highest BCUT2D eigenvalue weighted by Gasteiger charge is 2.07. The van der Waals surface area contributed by atoms with E-state index in [9.17, 15) is 9.18 Å². The third-order valence-corrected chi connectivity index (χ3v) is 3.24. The average molecular weight is 280 g/mol. The number of nitrogens with zero attached hydrogens (tertiary/aromatic N) is 2. The van der Waals surface area contributed by atoms with Crippen molar-refractivity contribution in [3.05, 3.63) is 88.6 Å². The van der Waals surface area contributed by atoms with Gasteiger partial charge >= 0.3 is 0 Å². The summed E-state index contributed by atoms with van der Waals surface area (Å²) in [6.45, 7) is 0.411. The van der Waals surface area contributed by atoms with Gasteiger partial charge in [-0.1, -0.05) is 42.5 Å². The first-order valence-electron chi connectivity index (χ1n) is 6.60. The summed E-state index contributed by atoms with van der Waals surface area (Å²) >= 11 is 0. The molecule has 0 spiro atoms. The molecule has 0 unspecified atom stereocenters. The van der Waals surface area contributed by atoms with E-state index in [1.165, 1.54) is 16.8 Å². The van der Waals surface area contributed by atoms with Gasteiger partial charge in [0.25, 0.3) is 5.56 Å². The van der Waals surface area contributed by atoms with Crippen molar-refractivity contribution < 1.29 is 4.39 Å².